The van der Waals surface area contributed by atoms with Crippen molar-refractivity contribution in [2.45, 2.75) is 36.8 Å². The molecule has 170 valence electrons. The Bertz CT molecular complexity index is 1110. The summed E-state index contributed by atoms with van der Waals surface area (Å²) < 4.78 is 28.4. The van der Waals surface area contributed by atoms with Crippen molar-refractivity contribution in [2.75, 3.05) is 27.4 Å². The van der Waals surface area contributed by atoms with E-state index in [4.69, 9.17) is 23.7 Å². The van der Waals surface area contributed by atoms with E-state index in [-0.39, 0.29) is 24.2 Å². The van der Waals surface area contributed by atoms with Gasteiger partial charge in [-0.2, -0.15) is 0 Å². The van der Waals surface area contributed by atoms with E-state index in [2.05, 4.69) is 0 Å². The number of Topliss-reactive ketones (excluding diaryl/α,β-unsaturated/α-hetero) is 1. The first-order chi connectivity index (χ1) is 15.2. The first-order valence-electron chi connectivity index (χ1n) is 10.2. The van der Waals surface area contributed by atoms with Crippen molar-refractivity contribution >= 4 is 5.78 Å². The lowest BCUT2D eigenvalue weighted by Crippen LogP contribution is -2.57. The van der Waals surface area contributed by atoms with Crippen molar-refractivity contribution < 1.29 is 43.8 Å². The number of hydrogen-bond acceptors (Lipinski definition) is 9. The zero-order valence-electron chi connectivity index (χ0n) is 17.9. The summed E-state index contributed by atoms with van der Waals surface area (Å²) in [4.78, 5) is 13.6. The first kappa shape index (κ1) is 20.9. The van der Waals surface area contributed by atoms with E-state index in [9.17, 15) is 20.1 Å². The summed E-state index contributed by atoms with van der Waals surface area (Å²) in [5.41, 5.74) is -2.40. The number of hydrogen-bond donors (Lipinski definition) is 3. The summed E-state index contributed by atoms with van der Waals surface area (Å²) >= 11 is 0. The van der Waals surface area contributed by atoms with Crippen molar-refractivity contribution in [1.29, 1.82) is 0 Å². The minimum absolute atomic E-state index is 0.0630. The van der Waals surface area contributed by atoms with Crippen molar-refractivity contribution in [1.82, 2.24) is 0 Å². The standard InChI is InChI=1S/C23H24O9/c1-22(26,10-24)18-6-12-14(31-18)5-4-11-20(12)32-19-9-30-15-8-17(29-3)16(28-2)7-13(15)23(19,27)21(11)25/h4-5,7-8,18-19,24,26-27H,6,9-10H2,1-3H3/t18-,19-,22?,23-/m1/s1. The SMILES string of the molecule is COc1cc2c(cc1OC)[C@]1(O)C(=O)c3ccc4c(c3O[C@@H]1CO2)C[C@H](C(C)(O)CO)O4. The lowest BCUT2D eigenvalue weighted by atomic mass is 9.77. The van der Waals surface area contributed by atoms with E-state index >= 15 is 0 Å². The second-order valence-corrected chi connectivity index (χ2v) is 8.46. The summed E-state index contributed by atoms with van der Waals surface area (Å²) in [5.74, 6) is 1.30. The third kappa shape index (κ3) is 2.71. The summed E-state index contributed by atoms with van der Waals surface area (Å²) in [6, 6.07) is 6.25. The largest absolute Gasteiger partial charge is 0.493 e. The van der Waals surface area contributed by atoms with Gasteiger partial charge in [0, 0.05) is 23.6 Å². The molecule has 0 radical (unpaired) electrons. The van der Waals surface area contributed by atoms with Crippen molar-refractivity contribution in [3.05, 3.63) is 41.0 Å². The molecule has 3 aliphatic heterocycles. The summed E-state index contributed by atoms with van der Waals surface area (Å²) in [7, 11) is 2.95. The predicted molar refractivity (Wildman–Crippen MR) is 110 cm³/mol. The highest BCUT2D eigenvalue weighted by Gasteiger charge is 2.57. The fraction of sp³-hybridized carbons (Fsp3) is 0.435. The van der Waals surface area contributed by atoms with E-state index in [1.807, 2.05) is 0 Å². The van der Waals surface area contributed by atoms with Crippen LogP contribution in [0, 0.1) is 0 Å². The number of carbonyl (C=O) groups is 1. The molecule has 9 nitrogen and oxygen atoms in total. The van der Waals surface area contributed by atoms with Gasteiger partial charge in [-0.25, -0.2) is 0 Å². The molecular formula is C23H24O9. The molecule has 32 heavy (non-hydrogen) atoms. The molecule has 0 aromatic heterocycles. The first-order valence-corrected chi connectivity index (χ1v) is 10.2. The number of ether oxygens (including phenoxy) is 5. The van der Waals surface area contributed by atoms with Crippen LogP contribution in [0.3, 0.4) is 0 Å². The number of fused-ring (bicyclic) bond motifs is 6. The zero-order chi connectivity index (χ0) is 22.8. The second kappa shape index (κ2) is 6.99. The number of aliphatic hydroxyl groups excluding tert-OH is 1. The van der Waals surface area contributed by atoms with Gasteiger partial charge in [-0.3, -0.25) is 4.79 Å². The van der Waals surface area contributed by atoms with Gasteiger partial charge in [0.2, 0.25) is 5.78 Å². The summed E-state index contributed by atoms with van der Waals surface area (Å²) in [6.07, 6.45) is -1.46. The van der Waals surface area contributed by atoms with Gasteiger partial charge in [-0.05, 0) is 25.1 Å². The molecular weight excluding hydrogens is 420 g/mol. The smallest absolute Gasteiger partial charge is 0.206 e. The molecule has 0 saturated heterocycles. The molecule has 5 rings (SSSR count). The number of benzene rings is 2. The highest BCUT2D eigenvalue weighted by Crippen LogP contribution is 2.51. The third-order valence-corrected chi connectivity index (χ3v) is 6.49. The van der Waals surface area contributed by atoms with Crippen molar-refractivity contribution in [2.24, 2.45) is 0 Å². The van der Waals surface area contributed by atoms with E-state index in [0.29, 0.717) is 34.3 Å². The summed E-state index contributed by atoms with van der Waals surface area (Å²) in [5, 5.41) is 31.6. The zero-order valence-corrected chi connectivity index (χ0v) is 17.9. The maximum atomic E-state index is 13.6. The Balaban J connectivity index is 1.59. The Morgan fingerprint density at radius 1 is 1.16 bits per heavy atom. The Labute approximate surface area is 184 Å². The predicted octanol–water partition coefficient (Wildman–Crippen LogP) is 0.974. The molecule has 3 N–H and O–H groups in total. The van der Waals surface area contributed by atoms with Gasteiger partial charge >= 0.3 is 0 Å². The minimum Gasteiger partial charge on any atom is -0.493 e. The fourth-order valence-corrected chi connectivity index (χ4v) is 4.53. The van der Waals surface area contributed by atoms with E-state index in [1.165, 1.54) is 33.3 Å². The molecule has 0 bridgehead atoms. The Kier molecular flexibility index (Phi) is 4.56. The molecule has 9 heteroatoms. The molecule has 0 amide bonds. The van der Waals surface area contributed by atoms with E-state index in [0.717, 1.165) is 0 Å². The number of ketones is 1. The number of aliphatic hydroxyl groups is 3. The number of carbonyl (C=O) groups excluding carboxylic acids is 1. The molecule has 2 aromatic carbocycles. The monoisotopic (exact) mass is 444 g/mol. The van der Waals surface area contributed by atoms with Crippen molar-refractivity contribution in [3.8, 4) is 28.7 Å². The van der Waals surface area contributed by atoms with E-state index < -0.39 is 35.8 Å². The minimum atomic E-state index is -1.98. The number of methoxy groups -OCH3 is 2. The Morgan fingerprint density at radius 3 is 2.56 bits per heavy atom. The van der Waals surface area contributed by atoms with Crippen LogP contribution in [0.4, 0.5) is 0 Å². The van der Waals surface area contributed by atoms with Gasteiger partial charge in [0.1, 0.15) is 35.6 Å². The summed E-state index contributed by atoms with van der Waals surface area (Å²) in [6.45, 7) is 0.937. The van der Waals surface area contributed by atoms with Crippen LogP contribution >= 0.6 is 0 Å². The second-order valence-electron chi connectivity index (χ2n) is 8.46. The van der Waals surface area contributed by atoms with Gasteiger partial charge in [0.05, 0.1) is 26.4 Å². The highest BCUT2D eigenvalue weighted by molar-refractivity contribution is 6.07. The van der Waals surface area contributed by atoms with Crippen LogP contribution in [0.15, 0.2) is 24.3 Å². The van der Waals surface area contributed by atoms with E-state index in [1.54, 1.807) is 12.1 Å². The van der Waals surface area contributed by atoms with Gasteiger partial charge in [-0.1, -0.05) is 0 Å². The van der Waals surface area contributed by atoms with Gasteiger partial charge in [-0.15, -0.1) is 0 Å². The quantitative estimate of drug-likeness (QED) is 0.633. The normalized spacial score (nSPS) is 26.9. The van der Waals surface area contributed by atoms with Crippen LogP contribution in [0.25, 0.3) is 0 Å². The maximum absolute atomic E-state index is 13.6. The van der Waals surface area contributed by atoms with Crippen LogP contribution in [-0.4, -0.2) is 66.3 Å². The molecule has 1 unspecified atom stereocenters. The van der Waals surface area contributed by atoms with Crippen LogP contribution in [0.5, 0.6) is 28.7 Å². The molecule has 4 atom stereocenters. The maximum Gasteiger partial charge on any atom is 0.206 e. The molecule has 3 aliphatic rings. The highest BCUT2D eigenvalue weighted by atomic mass is 16.6. The Morgan fingerprint density at radius 2 is 1.88 bits per heavy atom. The Hall–Kier alpha value is -3.01. The average Bonchev–Trinajstić information content (AvgIpc) is 3.25. The number of rotatable bonds is 4. The fourth-order valence-electron chi connectivity index (χ4n) is 4.53. The van der Waals surface area contributed by atoms with Crippen molar-refractivity contribution in [3.63, 3.8) is 0 Å². The van der Waals surface area contributed by atoms with Crippen LogP contribution < -0.4 is 23.7 Å². The molecule has 0 aliphatic carbocycles. The molecule has 0 fully saturated rings. The van der Waals surface area contributed by atoms with Gasteiger partial charge in [0.15, 0.2) is 23.2 Å². The van der Waals surface area contributed by atoms with Gasteiger partial charge < -0.3 is 39.0 Å². The average molecular weight is 444 g/mol. The van der Waals surface area contributed by atoms with Crippen LogP contribution in [0.1, 0.15) is 28.4 Å². The molecule has 2 aromatic rings. The topological polar surface area (TPSA) is 124 Å². The lowest BCUT2D eigenvalue weighted by molar-refractivity contribution is -0.0805. The molecule has 3 heterocycles. The molecule has 0 saturated carbocycles. The van der Waals surface area contributed by atoms with Crippen LogP contribution in [-0.2, 0) is 12.0 Å². The van der Waals surface area contributed by atoms with Gasteiger partial charge in [0.25, 0.3) is 0 Å². The van der Waals surface area contributed by atoms with Crippen LogP contribution in [0.2, 0.25) is 0 Å². The lowest BCUT2D eigenvalue weighted by Gasteiger charge is -2.43. The molecule has 0 spiro atoms. The third-order valence-electron chi connectivity index (χ3n) is 6.49.